The van der Waals surface area contributed by atoms with Crippen LogP contribution in [0.4, 0.5) is 0 Å². The Balaban J connectivity index is 0. The molecule has 0 saturated heterocycles. The quantitative estimate of drug-likeness (QED) is 0.375. The number of nitrogens with zero attached hydrogens (tertiary/aromatic N) is 2. The first-order valence-corrected chi connectivity index (χ1v) is 11.5. The van der Waals surface area contributed by atoms with Crippen LogP contribution >= 0.6 is 11.3 Å². The molecule has 0 aliphatic heterocycles. The molecule has 2 amide bonds. The third-order valence-electron chi connectivity index (χ3n) is 3.64. The minimum Gasteiger partial charge on any atom is -0.465 e. The molecule has 0 aliphatic carbocycles. The highest BCUT2D eigenvalue weighted by Crippen LogP contribution is 2.27. The molecule has 0 bridgehead atoms. The number of nitrogens with one attached hydrogen (secondary N) is 1. The number of sulfonamides is 1. The van der Waals surface area contributed by atoms with Gasteiger partial charge in [0.25, 0.3) is 10.0 Å². The lowest BCUT2D eigenvalue weighted by Crippen LogP contribution is -2.35. The first kappa shape index (κ1) is 30.9. The molecule has 0 fully saturated rings. The average Bonchev–Trinajstić information content (AvgIpc) is 3.10. The largest absolute Gasteiger partial charge is 0.465 e. The van der Waals surface area contributed by atoms with E-state index < -0.39 is 27.8 Å². The molecule has 1 rings (SSSR count). The van der Waals surface area contributed by atoms with Gasteiger partial charge in [0, 0.05) is 41.2 Å². The molecule has 31 heavy (non-hydrogen) atoms. The van der Waals surface area contributed by atoms with Gasteiger partial charge in [0.15, 0.2) is 0 Å². The maximum atomic E-state index is 12.3. The highest BCUT2D eigenvalue weighted by atomic mass is 32.2. The van der Waals surface area contributed by atoms with Crippen molar-refractivity contribution in [2.45, 2.75) is 39.0 Å². The zero-order valence-electron chi connectivity index (χ0n) is 19.5. The van der Waals surface area contributed by atoms with Gasteiger partial charge in [-0.3, -0.25) is 14.6 Å². The number of esters is 1. The number of thiophene rings is 1. The number of methoxy groups -OCH3 is 2. The zero-order valence-corrected chi connectivity index (χ0v) is 21.1. The Hall–Kier alpha value is -2.31. The molecule has 1 atom stereocenters. The van der Waals surface area contributed by atoms with E-state index in [4.69, 9.17) is 0 Å². The molecule has 1 unspecified atom stereocenters. The second-order valence-corrected chi connectivity index (χ2v) is 8.76. The molecule has 1 heterocycles. The van der Waals surface area contributed by atoms with Gasteiger partial charge in [-0.25, -0.2) is 17.9 Å². The van der Waals surface area contributed by atoms with Crippen LogP contribution in [0.15, 0.2) is 15.3 Å². The van der Waals surface area contributed by atoms with Crippen LogP contribution in [0.2, 0.25) is 0 Å². The molecule has 0 aliphatic rings. The Morgan fingerprint density at radius 1 is 1.29 bits per heavy atom. The summed E-state index contributed by atoms with van der Waals surface area (Å²) in [5, 5.41) is 1.54. The number of carbonyl (C=O) groups excluding carboxylic acids is 3. The fraction of sp³-hybridized carbons (Fsp3) is 0.579. The van der Waals surface area contributed by atoms with Crippen LogP contribution in [-0.2, 0) is 29.1 Å². The molecule has 0 aromatic carbocycles. The molecule has 1 aromatic heterocycles. The normalized spacial score (nSPS) is 11.4. The Morgan fingerprint density at radius 2 is 1.81 bits per heavy atom. The maximum absolute atomic E-state index is 12.3. The van der Waals surface area contributed by atoms with Gasteiger partial charge in [0.05, 0.1) is 13.4 Å². The van der Waals surface area contributed by atoms with Crippen molar-refractivity contribution in [1.82, 2.24) is 9.62 Å². The molecule has 12 heteroatoms. The van der Waals surface area contributed by atoms with Crippen molar-refractivity contribution in [3.63, 3.8) is 0 Å². The fourth-order valence-electron chi connectivity index (χ4n) is 1.72. The number of hydrogen-bond acceptors (Lipinski definition) is 9. The topological polar surface area (TPSA) is 131 Å². The van der Waals surface area contributed by atoms with Crippen LogP contribution in [0.25, 0.3) is 0 Å². The molecule has 1 N–H and O–H groups in total. The van der Waals surface area contributed by atoms with Crippen LogP contribution in [0.1, 0.15) is 42.4 Å². The molecular weight excluding hydrogens is 446 g/mol. The Labute approximate surface area is 188 Å². The van der Waals surface area contributed by atoms with Gasteiger partial charge in [-0.1, -0.05) is 13.8 Å². The van der Waals surface area contributed by atoms with Gasteiger partial charge >= 0.3 is 5.97 Å². The summed E-state index contributed by atoms with van der Waals surface area (Å²) in [5.41, 5.74) is 0.403. The summed E-state index contributed by atoms with van der Waals surface area (Å²) in [6, 6.07) is 0. The summed E-state index contributed by atoms with van der Waals surface area (Å²) < 4.78 is 35.3. The van der Waals surface area contributed by atoms with E-state index in [0.29, 0.717) is 12.0 Å². The molecule has 178 valence electrons. The summed E-state index contributed by atoms with van der Waals surface area (Å²) in [6.45, 7) is 6.46. The Bertz CT molecular complexity index is 849. The van der Waals surface area contributed by atoms with E-state index in [9.17, 15) is 22.8 Å². The van der Waals surface area contributed by atoms with Crippen LogP contribution in [0, 0.1) is 12.8 Å². The first-order valence-electron chi connectivity index (χ1n) is 9.13. The summed E-state index contributed by atoms with van der Waals surface area (Å²) in [4.78, 5) is 38.5. The van der Waals surface area contributed by atoms with Crippen molar-refractivity contribution >= 4 is 45.5 Å². The molecule has 0 saturated carbocycles. The lowest BCUT2D eigenvalue weighted by atomic mass is 10.1. The van der Waals surface area contributed by atoms with E-state index in [-0.39, 0.29) is 15.7 Å². The van der Waals surface area contributed by atoms with Crippen molar-refractivity contribution in [2.75, 3.05) is 35.4 Å². The van der Waals surface area contributed by atoms with E-state index in [1.807, 2.05) is 4.72 Å². The van der Waals surface area contributed by atoms with E-state index >= 15 is 0 Å². The van der Waals surface area contributed by atoms with E-state index in [1.54, 1.807) is 49.1 Å². The Morgan fingerprint density at radius 3 is 2.16 bits per heavy atom. The van der Waals surface area contributed by atoms with Crippen LogP contribution < -0.4 is 4.72 Å². The predicted molar refractivity (Wildman–Crippen MR) is 121 cm³/mol. The van der Waals surface area contributed by atoms with E-state index in [1.165, 1.54) is 30.7 Å². The van der Waals surface area contributed by atoms with E-state index in [0.717, 1.165) is 11.3 Å². The highest BCUT2D eigenvalue weighted by Gasteiger charge is 2.29. The smallest absolute Gasteiger partial charge is 0.349 e. The highest BCUT2D eigenvalue weighted by molar-refractivity contribution is 7.90. The predicted octanol–water partition coefficient (Wildman–Crippen LogP) is 2.08. The van der Waals surface area contributed by atoms with Gasteiger partial charge in [0.1, 0.15) is 9.77 Å². The number of aliphatic imine (C=N–C) groups is 1. The van der Waals surface area contributed by atoms with Crippen LogP contribution in [-0.4, -0.2) is 72.9 Å². The number of amides is 2. The summed E-state index contributed by atoms with van der Waals surface area (Å²) in [6.07, 6.45) is 2.00. The monoisotopic (exact) mass is 479 g/mol. The third-order valence-corrected chi connectivity index (χ3v) is 6.38. The van der Waals surface area contributed by atoms with Crippen molar-refractivity contribution in [1.29, 1.82) is 0 Å². The van der Waals surface area contributed by atoms with Gasteiger partial charge in [0.2, 0.25) is 11.8 Å². The standard InChI is InChI=1S/C12H17NO5S2.C5H10N2O.C2H6O/c1-5-7(2)11(14)13-20(16,17)10-8(3)6-19-9(10)12(15)18-4;1-5(8)7(3)4-6-2;1-3-2/h6-7H,5H2,1-4H3,(H,13,14);4H,1-3H3;1-2H3. The third kappa shape index (κ3) is 11.0. The van der Waals surface area contributed by atoms with Crippen molar-refractivity contribution in [2.24, 2.45) is 10.9 Å². The molecular formula is C19H33N3O7S2. The number of rotatable bonds is 6. The zero-order chi connectivity index (χ0) is 24.8. The van der Waals surface area contributed by atoms with E-state index in [2.05, 4.69) is 14.5 Å². The first-order chi connectivity index (χ1) is 14.3. The SMILES string of the molecule is CCC(C)C(=O)NS(=O)(=O)c1c(C)csc1C(=O)OC.CN=CN(C)C(C)=O.COC. The minimum absolute atomic E-state index is 0.00407. The molecule has 0 spiro atoms. The number of carbonyl (C=O) groups is 3. The molecule has 1 aromatic rings. The van der Waals surface area contributed by atoms with Crippen LogP contribution in [0.5, 0.6) is 0 Å². The number of ether oxygens (including phenoxy) is 2. The second kappa shape index (κ2) is 15.5. The number of hydrogen-bond donors (Lipinski definition) is 1. The number of aryl methyl sites for hydroxylation is 1. The van der Waals surface area contributed by atoms with Crippen molar-refractivity contribution in [3.05, 3.63) is 15.8 Å². The minimum atomic E-state index is -4.08. The van der Waals surface area contributed by atoms with Crippen molar-refractivity contribution in [3.8, 4) is 0 Å². The lowest BCUT2D eigenvalue weighted by molar-refractivity contribution is -0.124. The molecule has 0 radical (unpaired) electrons. The Kier molecular flexibility index (Phi) is 15.4. The van der Waals surface area contributed by atoms with Crippen molar-refractivity contribution < 1.29 is 32.3 Å². The summed E-state index contributed by atoms with van der Waals surface area (Å²) in [5.74, 6) is -1.76. The fourth-order valence-corrected chi connectivity index (χ4v) is 4.51. The van der Waals surface area contributed by atoms with Gasteiger partial charge < -0.3 is 14.4 Å². The van der Waals surface area contributed by atoms with Gasteiger partial charge in [-0.05, 0) is 24.3 Å². The molecule has 10 nitrogen and oxygen atoms in total. The second-order valence-electron chi connectivity index (χ2n) is 6.26. The summed E-state index contributed by atoms with van der Waals surface area (Å²) >= 11 is 0.972. The average molecular weight is 480 g/mol. The maximum Gasteiger partial charge on any atom is 0.349 e. The van der Waals surface area contributed by atoms with Gasteiger partial charge in [-0.2, -0.15) is 0 Å². The van der Waals surface area contributed by atoms with Crippen LogP contribution in [0.3, 0.4) is 0 Å². The van der Waals surface area contributed by atoms with Gasteiger partial charge in [-0.15, -0.1) is 11.3 Å². The summed E-state index contributed by atoms with van der Waals surface area (Å²) in [7, 11) is 3.63. The lowest BCUT2D eigenvalue weighted by Gasteiger charge is -2.11.